The van der Waals surface area contributed by atoms with Crippen molar-refractivity contribution in [2.45, 2.75) is 6.61 Å². The molecule has 0 bridgehead atoms. The predicted octanol–water partition coefficient (Wildman–Crippen LogP) is 2.57. The molecule has 0 saturated carbocycles. The number of carbonyl (C=O) groups is 1. The second kappa shape index (κ2) is 5.27. The summed E-state index contributed by atoms with van der Waals surface area (Å²) in [6.45, 7) is 0.146. The van der Waals surface area contributed by atoms with E-state index in [0.29, 0.717) is 17.3 Å². The van der Waals surface area contributed by atoms with Crippen molar-refractivity contribution in [1.82, 2.24) is 0 Å². The summed E-state index contributed by atoms with van der Waals surface area (Å²) in [5, 5.41) is 8.71. The van der Waals surface area contributed by atoms with E-state index >= 15 is 0 Å². The fourth-order valence-corrected chi connectivity index (χ4v) is 1.46. The first kappa shape index (κ1) is 12.0. The number of benzene rings is 1. The highest BCUT2D eigenvalue weighted by atomic mass is 16.5. The number of aromatic carboxylic acids is 1. The third kappa shape index (κ3) is 2.63. The van der Waals surface area contributed by atoms with Crippen LogP contribution in [0.1, 0.15) is 16.3 Å². The largest absolute Gasteiger partial charge is 0.493 e. The summed E-state index contributed by atoms with van der Waals surface area (Å²) in [6.07, 6.45) is 0. The molecule has 0 aliphatic heterocycles. The number of carboxylic acids is 1. The molecule has 18 heavy (non-hydrogen) atoms. The van der Waals surface area contributed by atoms with Gasteiger partial charge in [-0.15, -0.1) is 0 Å². The highest BCUT2D eigenvalue weighted by Gasteiger charge is 2.10. The third-order valence-electron chi connectivity index (χ3n) is 2.31. The van der Waals surface area contributed by atoms with Gasteiger partial charge in [0.2, 0.25) is 5.76 Å². The van der Waals surface area contributed by atoms with Gasteiger partial charge >= 0.3 is 5.97 Å². The number of para-hydroxylation sites is 2. The van der Waals surface area contributed by atoms with Gasteiger partial charge in [0.05, 0.1) is 7.11 Å². The first-order chi connectivity index (χ1) is 8.70. The van der Waals surface area contributed by atoms with Crippen LogP contribution in [0.2, 0.25) is 0 Å². The molecule has 0 amide bonds. The highest BCUT2D eigenvalue weighted by Crippen LogP contribution is 2.26. The van der Waals surface area contributed by atoms with Crippen LogP contribution < -0.4 is 9.47 Å². The molecule has 5 nitrogen and oxygen atoms in total. The first-order valence-corrected chi connectivity index (χ1v) is 5.28. The molecule has 0 aliphatic carbocycles. The van der Waals surface area contributed by atoms with Crippen molar-refractivity contribution in [3.8, 4) is 11.5 Å². The lowest BCUT2D eigenvalue weighted by atomic mass is 10.3. The third-order valence-corrected chi connectivity index (χ3v) is 2.31. The summed E-state index contributed by atoms with van der Waals surface area (Å²) in [6, 6.07) is 10.2. The Morgan fingerprint density at radius 1 is 1.22 bits per heavy atom. The minimum Gasteiger partial charge on any atom is -0.493 e. The van der Waals surface area contributed by atoms with Gasteiger partial charge < -0.3 is 19.0 Å². The Kier molecular flexibility index (Phi) is 3.52. The van der Waals surface area contributed by atoms with Gasteiger partial charge in [-0.25, -0.2) is 4.79 Å². The number of furan rings is 1. The molecule has 1 N–H and O–H groups in total. The second-order valence-electron chi connectivity index (χ2n) is 3.51. The van der Waals surface area contributed by atoms with E-state index in [2.05, 4.69) is 0 Å². The van der Waals surface area contributed by atoms with Gasteiger partial charge in [0.15, 0.2) is 11.5 Å². The fraction of sp³-hybridized carbons (Fsp3) is 0.154. The molecule has 1 aromatic carbocycles. The van der Waals surface area contributed by atoms with Gasteiger partial charge in [-0.2, -0.15) is 0 Å². The van der Waals surface area contributed by atoms with Crippen LogP contribution in [-0.4, -0.2) is 18.2 Å². The van der Waals surface area contributed by atoms with E-state index in [9.17, 15) is 4.79 Å². The summed E-state index contributed by atoms with van der Waals surface area (Å²) < 4.78 is 15.7. The summed E-state index contributed by atoms with van der Waals surface area (Å²) in [5.41, 5.74) is 0. The summed E-state index contributed by atoms with van der Waals surface area (Å²) in [4.78, 5) is 10.6. The van der Waals surface area contributed by atoms with E-state index in [0.717, 1.165) is 0 Å². The van der Waals surface area contributed by atoms with Crippen LogP contribution in [0.25, 0.3) is 0 Å². The van der Waals surface area contributed by atoms with E-state index in [1.165, 1.54) is 6.07 Å². The smallest absolute Gasteiger partial charge is 0.371 e. The standard InChI is InChI=1S/C13H12O5/c1-16-10-4-2-3-5-11(10)17-8-9-6-7-12(18-9)13(14)15/h2-7H,8H2,1H3,(H,14,15). The van der Waals surface area contributed by atoms with Gasteiger partial charge in [0.25, 0.3) is 0 Å². The highest BCUT2D eigenvalue weighted by molar-refractivity contribution is 5.84. The Bertz CT molecular complexity index is 544. The van der Waals surface area contributed by atoms with Crippen molar-refractivity contribution in [2.75, 3.05) is 7.11 Å². The van der Waals surface area contributed by atoms with Crippen LogP contribution in [0.3, 0.4) is 0 Å². The Hall–Kier alpha value is -2.43. The molecule has 5 heteroatoms. The van der Waals surface area contributed by atoms with Crippen LogP contribution in [0.15, 0.2) is 40.8 Å². The molecule has 2 aromatic rings. The molecule has 0 fully saturated rings. The van der Waals surface area contributed by atoms with E-state index in [-0.39, 0.29) is 12.4 Å². The number of hydrogen-bond donors (Lipinski definition) is 1. The molecular formula is C13H12O5. The zero-order valence-electron chi connectivity index (χ0n) is 9.75. The molecule has 0 atom stereocenters. The predicted molar refractivity (Wildman–Crippen MR) is 63.0 cm³/mol. The summed E-state index contributed by atoms with van der Waals surface area (Å²) >= 11 is 0. The molecule has 1 heterocycles. The van der Waals surface area contributed by atoms with Crippen molar-refractivity contribution in [2.24, 2.45) is 0 Å². The van der Waals surface area contributed by atoms with Crippen molar-refractivity contribution in [1.29, 1.82) is 0 Å². The normalized spacial score (nSPS) is 10.1. The van der Waals surface area contributed by atoms with Crippen LogP contribution in [0, 0.1) is 0 Å². The SMILES string of the molecule is COc1ccccc1OCc1ccc(C(=O)O)o1. The molecule has 1 aromatic heterocycles. The first-order valence-electron chi connectivity index (χ1n) is 5.28. The van der Waals surface area contributed by atoms with Gasteiger partial charge in [-0.1, -0.05) is 12.1 Å². The monoisotopic (exact) mass is 248 g/mol. The van der Waals surface area contributed by atoms with Crippen molar-refractivity contribution < 1.29 is 23.8 Å². The number of methoxy groups -OCH3 is 1. The quantitative estimate of drug-likeness (QED) is 0.880. The maximum Gasteiger partial charge on any atom is 0.371 e. The Labute approximate surface area is 104 Å². The van der Waals surface area contributed by atoms with Crippen molar-refractivity contribution in [3.63, 3.8) is 0 Å². The average molecular weight is 248 g/mol. The summed E-state index contributed by atoms with van der Waals surface area (Å²) in [7, 11) is 1.55. The van der Waals surface area contributed by atoms with Crippen molar-refractivity contribution >= 4 is 5.97 Å². The van der Waals surface area contributed by atoms with Crippen molar-refractivity contribution in [3.05, 3.63) is 47.9 Å². The lowest BCUT2D eigenvalue weighted by Gasteiger charge is -2.08. The van der Waals surface area contributed by atoms with E-state index in [1.807, 2.05) is 12.1 Å². The number of carboxylic acid groups (broad SMARTS) is 1. The lowest BCUT2D eigenvalue weighted by molar-refractivity contribution is 0.0658. The van der Waals surface area contributed by atoms with Crippen LogP contribution in [0.5, 0.6) is 11.5 Å². The molecule has 0 unspecified atom stereocenters. The Balaban J connectivity index is 2.04. The van der Waals surface area contributed by atoms with Crippen LogP contribution in [0.4, 0.5) is 0 Å². The number of hydrogen-bond acceptors (Lipinski definition) is 4. The zero-order valence-corrected chi connectivity index (χ0v) is 9.75. The Morgan fingerprint density at radius 3 is 2.56 bits per heavy atom. The molecule has 2 rings (SSSR count). The van der Waals surface area contributed by atoms with Crippen LogP contribution in [-0.2, 0) is 6.61 Å². The fourth-order valence-electron chi connectivity index (χ4n) is 1.46. The minimum absolute atomic E-state index is 0.103. The van der Waals surface area contributed by atoms with E-state index < -0.39 is 5.97 Å². The zero-order chi connectivity index (χ0) is 13.0. The molecule has 0 aliphatic rings. The van der Waals surface area contributed by atoms with E-state index in [1.54, 1.807) is 25.3 Å². The molecule has 94 valence electrons. The van der Waals surface area contributed by atoms with Gasteiger partial charge in [-0.05, 0) is 24.3 Å². The molecule has 0 saturated heterocycles. The number of ether oxygens (including phenoxy) is 2. The van der Waals surface area contributed by atoms with Gasteiger partial charge in [-0.3, -0.25) is 0 Å². The average Bonchev–Trinajstić information content (AvgIpc) is 2.85. The maximum absolute atomic E-state index is 10.6. The molecule has 0 radical (unpaired) electrons. The maximum atomic E-state index is 10.6. The number of rotatable bonds is 5. The van der Waals surface area contributed by atoms with Gasteiger partial charge in [0.1, 0.15) is 12.4 Å². The second-order valence-corrected chi connectivity index (χ2v) is 3.51. The van der Waals surface area contributed by atoms with Crippen LogP contribution >= 0.6 is 0 Å². The molecule has 0 spiro atoms. The molecular weight excluding hydrogens is 236 g/mol. The Morgan fingerprint density at radius 2 is 1.94 bits per heavy atom. The summed E-state index contributed by atoms with van der Waals surface area (Å²) in [5.74, 6) is 0.432. The topological polar surface area (TPSA) is 68.9 Å². The lowest BCUT2D eigenvalue weighted by Crippen LogP contribution is -1.97. The van der Waals surface area contributed by atoms with Gasteiger partial charge in [0, 0.05) is 0 Å². The van der Waals surface area contributed by atoms with E-state index in [4.69, 9.17) is 19.0 Å². The minimum atomic E-state index is -1.10.